The van der Waals surface area contributed by atoms with Gasteiger partial charge in [0.25, 0.3) is 5.91 Å². The number of hydrogen-bond acceptors (Lipinski definition) is 3. The van der Waals surface area contributed by atoms with E-state index in [1.165, 1.54) is 6.08 Å². The van der Waals surface area contributed by atoms with Gasteiger partial charge in [0, 0.05) is 12.6 Å². The number of nitrogens with one attached hydrogen (secondary N) is 1. The van der Waals surface area contributed by atoms with Crippen molar-refractivity contribution in [2.24, 2.45) is 5.92 Å². The normalized spacial score (nSPS) is 31.6. The van der Waals surface area contributed by atoms with Gasteiger partial charge >= 0.3 is 6.09 Å². The summed E-state index contributed by atoms with van der Waals surface area (Å²) in [6, 6.07) is 0. The van der Waals surface area contributed by atoms with Crippen LogP contribution in [0.5, 0.6) is 0 Å². The number of amides is 2. The average molecular weight is 210 g/mol. The molecule has 5 nitrogen and oxygen atoms in total. The third-order valence-corrected chi connectivity index (χ3v) is 3.06. The van der Waals surface area contributed by atoms with Crippen LogP contribution in [-0.4, -0.2) is 41.6 Å². The van der Waals surface area contributed by atoms with E-state index in [-0.39, 0.29) is 0 Å². The standard InChI is InChI=1S/C10H14N2O3/c13-9(11-10(14)15)5-8-6-12-3-1-7(8)2-4-12/h5,7H,1-4,6H2,(H,11,13)(H,14,15). The molecule has 0 radical (unpaired) electrons. The summed E-state index contributed by atoms with van der Waals surface area (Å²) >= 11 is 0. The van der Waals surface area contributed by atoms with Crippen LogP contribution in [0.25, 0.3) is 0 Å². The van der Waals surface area contributed by atoms with E-state index in [1.807, 2.05) is 5.32 Å². The first kappa shape index (κ1) is 10.2. The highest BCUT2D eigenvalue weighted by atomic mass is 16.4. The lowest BCUT2D eigenvalue weighted by atomic mass is 9.83. The van der Waals surface area contributed by atoms with E-state index in [0.29, 0.717) is 5.92 Å². The van der Waals surface area contributed by atoms with Crippen molar-refractivity contribution in [1.29, 1.82) is 0 Å². The van der Waals surface area contributed by atoms with Crippen LogP contribution in [0.1, 0.15) is 12.8 Å². The predicted octanol–water partition coefficient (Wildman–Crippen LogP) is 0.433. The minimum atomic E-state index is -1.29. The van der Waals surface area contributed by atoms with E-state index in [4.69, 9.17) is 5.11 Å². The quantitative estimate of drug-likeness (QED) is 0.616. The Hall–Kier alpha value is -1.36. The van der Waals surface area contributed by atoms with E-state index < -0.39 is 12.0 Å². The van der Waals surface area contributed by atoms with Crippen LogP contribution in [0.3, 0.4) is 0 Å². The molecule has 0 saturated carbocycles. The van der Waals surface area contributed by atoms with Crippen LogP contribution >= 0.6 is 0 Å². The third-order valence-electron chi connectivity index (χ3n) is 3.06. The highest BCUT2D eigenvalue weighted by molar-refractivity contribution is 5.98. The fourth-order valence-corrected chi connectivity index (χ4v) is 2.32. The number of carboxylic acid groups (broad SMARTS) is 1. The zero-order chi connectivity index (χ0) is 10.8. The van der Waals surface area contributed by atoms with Crippen LogP contribution in [0.4, 0.5) is 4.79 Å². The molecule has 0 spiro atoms. The lowest BCUT2D eigenvalue weighted by Crippen LogP contribution is -2.43. The molecule has 0 aliphatic carbocycles. The third kappa shape index (κ3) is 2.36. The second-order valence-corrected chi connectivity index (χ2v) is 4.06. The maximum absolute atomic E-state index is 11.2. The van der Waals surface area contributed by atoms with Gasteiger partial charge in [0.1, 0.15) is 0 Å². The number of piperidine rings is 3. The van der Waals surface area contributed by atoms with Crippen molar-refractivity contribution < 1.29 is 14.7 Å². The molecule has 0 atom stereocenters. The number of hydrogen-bond donors (Lipinski definition) is 2. The maximum atomic E-state index is 11.2. The first-order valence-electron chi connectivity index (χ1n) is 5.12. The molecule has 3 rings (SSSR count). The Labute approximate surface area is 87.7 Å². The molecule has 3 saturated heterocycles. The molecule has 0 aromatic heterocycles. The topological polar surface area (TPSA) is 69.6 Å². The first-order valence-corrected chi connectivity index (χ1v) is 5.12. The van der Waals surface area contributed by atoms with Crippen LogP contribution in [-0.2, 0) is 4.79 Å². The van der Waals surface area contributed by atoms with Crippen LogP contribution in [0.15, 0.2) is 11.6 Å². The highest BCUT2D eigenvalue weighted by Crippen LogP contribution is 2.31. The fourth-order valence-electron chi connectivity index (χ4n) is 2.32. The zero-order valence-electron chi connectivity index (χ0n) is 8.40. The Morgan fingerprint density at radius 1 is 1.40 bits per heavy atom. The van der Waals surface area contributed by atoms with Crippen LogP contribution < -0.4 is 5.32 Å². The minimum Gasteiger partial charge on any atom is -0.465 e. The summed E-state index contributed by atoms with van der Waals surface area (Å²) in [7, 11) is 0. The molecule has 3 aliphatic heterocycles. The number of fused-ring (bicyclic) bond motifs is 3. The summed E-state index contributed by atoms with van der Waals surface area (Å²) in [5, 5.41) is 10.2. The van der Waals surface area contributed by atoms with Gasteiger partial charge in [-0.3, -0.25) is 15.0 Å². The Morgan fingerprint density at radius 3 is 2.53 bits per heavy atom. The summed E-state index contributed by atoms with van der Waals surface area (Å²) in [6.07, 6.45) is 2.33. The molecule has 15 heavy (non-hydrogen) atoms. The van der Waals surface area contributed by atoms with Crippen molar-refractivity contribution in [1.82, 2.24) is 10.2 Å². The minimum absolute atomic E-state index is 0.481. The van der Waals surface area contributed by atoms with Crippen molar-refractivity contribution in [2.45, 2.75) is 12.8 Å². The lowest BCUT2D eigenvalue weighted by molar-refractivity contribution is -0.115. The Bertz CT molecular complexity index is 317. The number of rotatable bonds is 1. The molecule has 5 heteroatoms. The van der Waals surface area contributed by atoms with E-state index in [0.717, 1.165) is 38.0 Å². The Balaban J connectivity index is 2.01. The van der Waals surface area contributed by atoms with Crippen molar-refractivity contribution in [3.63, 3.8) is 0 Å². The fraction of sp³-hybridized carbons (Fsp3) is 0.600. The van der Waals surface area contributed by atoms with Gasteiger partial charge < -0.3 is 5.11 Å². The summed E-state index contributed by atoms with van der Waals surface area (Å²) in [6.45, 7) is 3.02. The van der Waals surface area contributed by atoms with Gasteiger partial charge in [-0.05, 0) is 37.4 Å². The van der Waals surface area contributed by atoms with E-state index in [2.05, 4.69) is 4.90 Å². The molecular formula is C10H14N2O3. The molecule has 2 amide bonds. The van der Waals surface area contributed by atoms with Gasteiger partial charge in [-0.15, -0.1) is 0 Å². The summed E-state index contributed by atoms with van der Waals surface area (Å²) in [5.74, 6) is -0.0409. The molecule has 82 valence electrons. The predicted molar refractivity (Wildman–Crippen MR) is 53.4 cm³/mol. The average Bonchev–Trinajstić information content (AvgIpc) is 2.17. The smallest absolute Gasteiger partial charge is 0.411 e. The van der Waals surface area contributed by atoms with Gasteiger partial charge in [0.15, 0.2) is 0 Å². The molecule has 2 bridgehead atoms. The van der Waals surface area contributed by atoms with Gasteiger partial charge in [-0.25, -0.2) is 4.79 Å². The summed E-state index contributed by atoms with van der Waals surface area (Å²) < 4.78 is 0. The zero-order valence-corrected chi connectivity index (χ0v) is 8.40. The number of carbonyl (C=O) groups excluding carboxylic acids is 1. The summed E-state index contributed by atoms with van der Waals surface area (Å²) in [5.41, 5.74) is 1.08. The monoisotopic (exact) mass is 210 g/mol. The van der Waals surface area contributed by atoms with Gasteiger partial charge in [0.2, 0.25) is 0 Å². The Kier molecular flexibility index (Phi) is 2.73. The molecule has 0 aromatic rings. The molecule has 0 aromatic carbocycles. The second kappa shape index (κ2) is 4.02. The van der Waals surface area contributed by atoms with Crippen molar-refractivity contribution >= 4 is 12.0 Å². The molecule has 3 heterocycles. The van der Waals surface area contributed by atoms with Crippen molar-refractivity contribution in [2.75, 3.05) is 19.6 Å². The van der Waals surface area contributed by atoms with Gasteiger partial charge in [-0.2, -0.15) is 0 Å². The van der Waals surface area contributed by atoms with Crippen LogP contribution in [0.2, 0.25) is 0 Å². The van der Waals surface area contributed by atoms with E-state index in [1.54, 1.807) is 0 Å². The van der Waals surface area contributed by atoms with Gasteiger partial charge in [0.05, 0.1) is 0 Å². The molecule has 3 fully saturated rings. The first-order chi connectivity index (χ1) is 7.15. The van der Waals surface area contributed by atoms with E-state index >= 15 is 0 Å². The largest absolute Gasteiger partial charge is 0.465 e. The maximum Gasteiger partial charge on any atom is 0.411 e. The summed E-state index contributed by atoms with van der Waals surface area (Å²) in [4.78, 5) is 23.7. The molecule has 2 N–H and O–H groups in total. The van der Waals surface area contributed by atoms with E-state index in [9.17, 15) is 9.59 Å². The van der Waals surface area contributed by atoms with Crippen molar-refractivity contribution in [3.05, 3.63) is 11.6 Å². The van der Waals surface area contributed by atoms with Gasteiger partial charge in [-0.1, -0.05) is 0 Å². The van der Waals surface area contributed by atoms with Crippen molar-refractivity contribution in [3.8, 4) is 0 Å². The number of imide groups is 1. The number of carbonyl (C=O) groups is 2. The highest BCUT2D eigenvalue weighted by Gasteiger charge is 2.29. The second-order valence-electron chi connectivity index (χ2n) is 4.06. The molecular weight excluding hydrogens is 196 g/mol. The SMILES string of the molecule is O=C(O)NC(=O)C=C1CN2CCC1CC2. The lowest BCUT2D eigenvalue weighted by Gasteiger charge is -2.40. The number of nitrogens with zero attached hydrogens (tertiary/aromatic N) is 1. The van der Waals surface area contributed by atoms with Crippen LogP contribution in [0, 0.1) is 5.92 Å². The Morgan fingerprint density at radius 2 is 2.07 bits per heavy atom. The molecule has 3 aliphatic rings. The molecule has 0 unspecified atom stereocenters.